The molecule has 1 N–H and O–H groups in total. The normalized spacial score (nSPS) is 19.1. The highest BCUT2D eigenvalue weighted by molar-refractivity contribution is 4.93. The molecule has 5 heteroatoms. The Hall–Kier alpha value is -0.970. The van der Waals surface area contributed by atoms with Crippen LogP contribution in [-0.4, -0.2) is 15.6 Å². The van der Waals surface area contributed by atoms with Crippen molar-refractivity contribution >= 4 is 0 Å². The van der Waals surface area contributed by atoms with Crippen molar-refractivity contribution < 1.29 is 8.78 Å². The van der Waals surface area contributed by atoms with Crippen LogP contribution in [0, 0.1) is 5.92 Å². The Bertz CT molecular complexity index is 345. The van der Waals surface area contributed by atoms with Crippen LogP contribution in [0.3, 0.4) is 0 Å². The van der Waals surface area contributed by atoms with Crippen LogP contribution >= 0.6 is 0 Å². The fraction of sp³-hybridized carbons (Fsp3) is 0.750. The molecule has 2 rings (SSSR count). The summed E-state index contributed by atoms with van der Waals surface area (Å²) in [6.45, 7) is 0.0387. The molecule has 0 spiro atoms. The lowest BCUT2D eigenvalue weighted by atomic mass is 10.00. The topological polar surface area (TPSA) is 29.9 Å². The van der Waals surface area contributed by atoms with Crippen molar-refractivity contribution in [2.45, 2.75) is 51.7 Å². The fourth-order valence-corrected chi connectivity index (χ4v) is 2.53. The summed E-state index contributed by atoms with van der Waals surface area (Å²) in [6, 6.07) is 0.375. The van der Waals surface area contributed by atoms with Gasteiger partial charge in [-0.25, -0.2) is 4.98 Å². The van der Waals surface area contributed by atoms with Crippen molar-refractivity contribution in [2.24, 2.45) is 5.92 Å². The number of nitrogens with zero attached hydrogens (tertiary/aromatic N) is 2. The van der Waals surface area contributed by atoms with E-state index in [0.717, 1.165) is 4.57 Å². The van der Waals surface area contributed by atoms with Gasteiger partial charge in [0, 0.05) is 18.4 Å². The predicted molar refractivity (Wildman–Crippen MR) is 61.7 cm³/mol. The number of rotatable bonds is 5. The van der Waals surface area contributed by atoms with E-state index in [1.54, 1.807) is 0 Å². The van der Waals surface area contributed by atoms with Gasteiger partial charge in [0.2, 0.25) is 0 Å². The quantitative estimate of drug-likeness (QED) is 0.861. The average Bonchev–Trinajstić information content (AvgIpc) is 2.96. The van der Waals surface area contributed by atoms with E-state index in [0.29, 0.717) is 24.3 Å². The molecule has 17 heavy (non-hydrogen) atoms. The summed E-state index contributed by atoms with van der Waals surface area (Å²) in [4.78, 5) is 3.96. The highest BCUT2D eigenvalue weighted by atomic mass is 19.3. The Morgan fingerprint density at radius 3 is 2.82 bits per heavy atom. The van der Waals surface area contributed by atoms with E-state index in [1.807, 2.05) is 0 Å². The summed E-state index contributed by atoms with van der Waals surface area (Å²) in [5, 5.41) is 3.31. The zero-order valence-electron chi connectivity index (χ0n) is 10.1. The Balaban J connectivity index is 1.86. The zero-order chi connectivity index (χ0) is 12.3. The van der Waals surface area contributed by atoms with E-state index in [1.165, 1.54) is 38.1 Å². The molecule has 1 fully saturated rings. The third-order valence-electron chi connectivity index (χ3n) is 3.65. The van der Waals surface area contributed by atoms with E-state index in [4.69, 9.17) is 0 Å². The molecule has 1 aromatic heterocycles. The van der Waals surface area contributed by atoms with Gasteiger partial charge in [0.25, 0.3) is 0 Å². The van der Waals surface area contributed by atoms with Crippen molar-refractivity contribution in [1.29, 1.82) is 0 Å². The molecule has 3 nitrogen and oxygen atoms in total. The first kappa shape index (κ1) is 12.5. The predicted octanol–water partition coefficient (Wildman–Crippen LogP) is 2.95. The lowest BCUT2D eigenvalue weighted by Gasteiger charge is -2.20. The van der Waals surface area contributed by atoms with Crippen LogP contribution in [-0.2, 0) is 6.54 Å². The molecule has 0 amide bonds. The second-order valence-electron chi connectivity index (χ2n) is 4.74. The van der Waals surface area contributed by atoms with Crippen LogP contribution in [0.4, 0.5) is 8.78 Å². The molecule has 0 bridgehead atoms. The molecule has 0 aliphatic heterocycles. The van der Waals surface area contributed by atoms with Gasteiger partial charge < -0.3 is 5.32 Å². The molecule has 1 aromatic rings. The summed E-state index contributed by atoms with van der Waals surface area (Å²) < 4.78 is 26.1. The van der Waals surface area contributed by atoms with Crippen LogP contribution in [0.15, 0.2) is 12.4 Å². The molecule has 0 aromatic carbocycles. The smallest absolute Gasteiger partial charge is 0.307 e. The standard InChI is InChI=1S/C12H19F2N3/c1-9(10-4-2-3-5-10)16-8-11-15-6-7-17(11)12(13)14/h6-7,9-10,12,16H,2-5,8H2,1H3/t9-/m1/s1. The molecule has 1 aliphatic carbocycles. The number of hydrogen-bond acceptors (Lipinski definition) is 2. The molecule has 0 radical (unpaired) electrons. The maximum atomic E-state index is 12.6. The Morgan fingerprint density at radius 1 is 1.47 bits per heavy atom. The van der Waals surface area contributed by atoms with Crippen molar-refractivity contribution in [3.63, 3.8) is 0 Å². The monoisotopic (exact) mass is 243 g/mol. The van der Waals surface area contributed by atoms with Crippen LogP contribution in [0.25, 0.3) is 0 Å². The van der Waals surface area contributed by atoms with E-state index < -0.39 is 6.55 Å². The molecule has 0 unspecified atom stereocenters. The van der Waals surface area contributed by atoms with Gasteiger partial charge in [0.1, 0.15) is 5.82 Å². The largest absolute Gasteiger partial charge is 0.319 e. The van der Waals surface area contributed by atoms with Gasteiger partial charge in [-0.05, 0) is 25.7 Å². The molecular weight excluding hydrogens is 224 g/mol. The molecule has 96 valence electrons. The SMILES string of the molecule is C[C@@H](NCc1nccn1C(F)F)C1CCCC1. The number of aromatic nitrogens is 2. The molecule has 1 saturated carbocycles. The minimum Gasteiger partial charge on any atom is -0.307 e. The average molecular weight is 243 g/mol. The van der Waals surface area contributed by atoms with Gasteiger partial charge in [0.15, 0.2) is 0 Å². The van der Waals surface area contributed by atoms with Gasteiger partial charge in [0.05, 0.1) is 6.54 Å². The van der Waals surface area contributed by atoms with Crippen LogP contribution in [0.1, 0.15) is 45.0 Å². The molecule has 1 atom stereocenters. The summed E-state index contributed by atoms with van der Waals surface area (Å²) in [7, 11) is 0. The first-order valence-corrected chi connectivity index (χ1v) is 6.21. The van der Waals surface area contributed by atoms with Crippen molar-refractivity contribution in [3.8, 4) is 0 Å². The number of nitrogens with one attached hydrogen (secondary N) is 1. The number of alkyl halides is 2. The summed E-state index contributed by atoms with van der Waals surface area (Å²) in [5.41, 5.74) is 0. The number of hydrogen-bond donors (Lipinski definition) is 1. The van der Waals surface area contributed by atoms with Crippen molar-refractivity contribution in [2.75, 3.05) is 0 Å². The first-order valence-electron chi connectivity index (χ1n) is 6.21. The van der Waals surface area contributed by atoms with E-state index >= 15 is 0 Å². The summed E-state index contributed by atoms with van der Waals surface area (Å²) in [5.74, 6) is 1.09. The van der Waals surface area contributed by atoms with Gasteiger partial charge in [-0.1, -0.05) is 12.8 Å². The van der Waals surface area contributed by atoms with Gasteiger partial charge in [-0.15, -0.1) is 0 Å². The van der Waals surface area contributed by atoms with Crippen LogP contribution < -0.4 is 5.32 Å². The van der Waals surface area contributed by atoms with Gasteiger partial charge in [-0.2, -0.15) is 8.78 Å². The molecule has 1 aliphatic rings. The lowest BCUT2D eigenvalue weighted by molar-refractivity contribution is 0.0664. The Labute approximate surface area is 100 Å². The number of imidazole rings is 1. The third kappa shape index (κ3) is 3.03. The Morgan fingerprint density at radius 2 is 2.18 bits per heavy atom. The Kier molecular flexibility index (Phi) is 4.10. The summed E-state index contributed by atoms with van der Waals surface area (Å²) >= 11 is 0. The molecule has 0 saturated heterocycles. The highest BCUT2D eigenvalue weighted by Gasteiger charge is 2.21. The lowest BCUT2D eigenvalue weighted by Crippen LogP contribution is -2.32. The highest BCUT2D eigenvalue weighted by Crippen LogP contribution is 2.27. The maximum absolute atomic E-state index is 12.6. The van der Waals surface area contributed by atoms with E-state index in [2.05, 4.69) is 17.2 Å². The minimum atomic E-state index is -2.50. The second-order valence-corrected chi connectivity index (χ2v) is 4.74. The zero-order valence-corrected chi connectivity index (χ0v) is 10.1. The van der Waals surface area contributed by atoms with E-state index in [-0.39, 0.29) is 0 Å². The van der Waals surface area contributed by atoms with Crippen LogP contribution in [0.2, 0.25) is 0 Å². The van der Waals surface area contributed by atoms with Gasteiger partial charge in [-0.3, -0.25) is 4.57 Å². The van der Waals surface area contributed by atoms with Gasteiger partial charge >= 0.3 is 6.55 Å². The fourth-order valence-electron chi connectivity index (χ4n) is 2.53. The molecular formula is C12H19F2N3. The molecule has 1 heterocycles. The number of halogens is 2. The second kappa shape index (κ2) is 5.58. The van der Waals surface area contributed by atoms with Crippen molar-refractivity contribution in [3.05, 3.63) is 18.2 Å². The van der Waals surface area contributed by atoms with Crippen molar-refractivity contribution in [1.82, 2.24) is 14.9 Å². The van der Waals surface area contributed by atoms with Crippen LogP contribution in [0.5, 0.6) is 0 Å². The third-order valence-corrected chi connectivity index (χ3v) is 3.65. The summed E-state index contributed by atoms with van der Waals surface area (Å²) in [6.07, 6.45) is 7.82. The first-order chi connectivity index (χ1) is 8.18. The minimum absolute atomic E-state index is 0.375. The van der Waals surface area contributed by atoms with E-state index in [9.17, 15) is 8.78 Å². The maximum Gasteiger partial charge on any atom is 0.319 e.